The Balaban J connectivity index is 2.49. The normalized spacial score (nSPS) is 11.0. The second-order valence-electron chi connectivity index (χ2n) is 4.04. The van der Waals surface area contributed by atoms with E-state index in [1.54, 1.807) is 6.07 Å². The summed E-state index contributed by atoms with van der Waals surface area (Å²) in [5.74, 6) is 0.807. The lowest BCUT2D eigenvalue weighted by Crippen LogP contribution is -1.89. The zero-order valence-electron chi connectivity index (χ0n) is 9.20. The maximum absolute atomic E-state index is 5.51. The van der Waals surface area contributed by atoms with Gasteiger partial charge in [0.25, 0.3) is 0 Å². The minimum atomic E-state index is 0.334. The van der Waals surface area contributed by atoms with Gasteiger partial charge in [-0.05, 0) is 29.7 Å². The van der Waals surface area contributed by atoms with Crippen LogP contribution >= 0.6 is 15.9 Å². The number of hydrogen-bond acceptors (Lipinski definition) is 3. The quantitative estimate of drug-likeness (QED) is 0.910. The molecular weight excluding hydrogens is 268 g/mol. The third-order valence-corrected chi connectivity index (χ3v) is 2.87. The van der Waals surface area contributed by atoms with Crippen molar-refractivity contribution >= 4 is 21.8 Å². The van der Waals surface area contributed by atoms with Crippen LogP contribution in [0.4, 0.5) is 5.88 Å². The van der Waals surface area contributed by atoms with Crippen LogP contribution in [-0.4, -0.2) is 5.16 Å². The van der Waals surface area contributed by atoms with E-state index in [4.69, 9.17) is 10.3 Å². The third-order valence-electron chi connectivity index (χ3n) is 2.41. The Hall–Kier alpha value is -1.29. The first-order chi connectivity index (χ1) is 7.56. The zero-order valence-corrected chi connectivity index (χ0v) is 10.8. The Bertz CT molecular complexity index is 505. The highest BCUT2D eigenvalue weighted by atomic mass is 79.9. The first-order valence-corrected chi connectivity index (χ1v) is 5.88. The fraction of sp³-hybridized carbons (Fsp3) is 0.250. The molecule has 0 aliphatic heterocycles. The maximum atomic E-state index is 5.51. The molecule has 1 aromatic carbocycles. The van der Waals surface area contributed by atoms with Gasteiger partial charge >= 0.3 is 0 Å². The van der Waals surface area contributed by atoms with Crippen LogP contribution in [0.3, 0.4) is 0 Å². The molecular formula is C12H13BrN2O. The van der Waals surface area contributed by atoms with E-state index in [0.29, 0.717) is 11.8 Å². The number of nitrogens with zero attached hydrogens (tertiary/aromatic N) is 1. The zero-order chi connectivity index (χ0) is 11.7. The van der Waals surface area contributed by atoms with Gasteiger partial charge in [0.15, 0.2) is 0 Å². The van der Waals surface area contributed by atoms with Crippen molar-refractivity contribution in [2.75, 3.05) is 5.73 Å². The van der Waals surface area contributed by atoms with Gasteiger partial charge < -0.3 is 10.3 Å². The van der Waals surface area contributed by atoms with Crippen LogP contribution in [0.2, 0.25) is 0 Å². The van der Waals surface area contributed by atoms with E-state index in [-0.39, 0.29) is 0 Å². The van der Waals surface area contributed by atoms with E-state index in [0.717, 1.165) is 15.7 Å². The van der Waals surface area contributed by atoms with Crippen LogP contribution in [-0.2, 0) is 0 Å². The number of hydrogen-bond donors (Lipinski definition) is 1. The minimum absolute atomic E-state index is 0.334. The lowest BCUT2D eigenvalue weighted by atomic mass is 10.00. The lowest BCUT2D eigenvalue weighted by Gasteiger charge is -2.07. The maximum Gasteiger partial charge on any atom is 0.222 e. The number of halogens is 1. The average Bonchev–Trinajstić information content (AvgIpc) is 2.64. The van der Waals surface area contributed by atoms with Crippen molar-refractivity contribution < 1.29 is 4.52 Å². The molecule has 0 saturated carbocycles. The van der Waals surface area contributed by atoms with Crippen LogP contribution in [0, 0.1) is 0 Å². The topological polar surface area (TPSA) is 52.0 Å². The van der Waals surface area contributed by atoms with Gasteiger partial charge in [-0.15, -0.1) is 0 Å². The molecule has 1 aromatic heterocycles. The summed E-state index contributed by atoms with van der Waals surface area (Å²) in [7, 11) is 0. The molecule has 0 spiro atoms. The largest absolute Gasteiger partial charge is 0.368 e. The number of rotatable bonds is 2. The Morgan fingerprint density at radius 3 is 2.56 bits per heavy atom. The predicted molar refractivity (Wildman–Crippen MR) is 68.1 cm³/mol. The highest BCUT2D eigenvalue weighted by Crippen LogP contribution is 2.28. The van der Waals surface area contributed by atoms with Crippen LogP contribution in [0.5, 0.6) is 0 Å². The van der Waals surface area contributed by atoms with Crippen molar-refractivity contribution in [2.24, 2.45) is 0 Å². The molecule has 0 saturated heterocycles. The van der Waals surface area contributed by atoms with Crippen LogP contribution in [0.15, 0.2) is 33.3 Å². The summed E-state index contributed by atoms with van der Waals surface area (Å²) in [5, 5.41) is 3.91. The molecule has 2 aromatic rings. The molecule has 1 heterocycles. The molecule has 0 aliphatic rings. The van der Waals surface area contributed by atoms with E-state index in [1.807, 2.05) is 6.07 Å². The van der Waals surface area contributed by atoms with E-state index in [9.17, 15) is 0 Å². The molecule has 2 rings (SSSR count). The standard InChI is InChI=1S/C12H13BrN2O/c1-7(2)8-3-9(5-10(13)4-8)11-6-12(14)16-15-11/h3-7H,14H2,1-2H3. The monoisotopic (exact) mass is 280 g/mol. The lowest BCUT2D eigenvalue weighted by molar-refractivity contribution is 0.439. The number of aromatic nitrogens is 1. The average molecular weight is 281 g/mol. The second-order valence-corrected chi connectivity index (χ2v) is 4.96. The number of anilines is 1. The molecule has 4 heteroatoms. The molecule has 0 bridgehead atoms. The van der Waals surface area contributed by atoms with Crippen LogP contribution < -0.4 is 5.73 Å². The SMILES string of the molecule is CC(C)c1cc(Br)cc(-c2cc(N)on2)c1. The van der Waals surface area contributed by atoms with Gasteiger partial charge in [0.05, 0.1) is 0 Å². The van der Waals surface area contributed by atoms with Crippen molar-refractivity contribution in [2.45, 2.75) is 19.8 Å². The van der Waals surface area contributed by atoms with Gasteiger partial charge in [0.2, 0.25) is 5.88 Å². The Morgan fingerprint density at radius 2 is 2.00 bits per heavy atom. The van der Waals surface area contributed by atoms with E-state index < -0.39 is 0 Å². The van der Waals surface area contributed by atoms with Crippen molar-refractivity contribution in [1.29, 1.82) is 0 Å². The first-order valence-electron chi connectivity index (χ1n) is 5.09. The van der Waals surface area contributed by atoms with E-state index >= 15 is 0 Å². The van der Waals surface area contributed by atoms with Crippen LogP contribution in [0.1, 0.15) is 25.3 Å². The smallest absolute Gasteiger partial charge is 0.222 e. The summed E-state index contributed by atoms with van der Waals surface area (Å²) < 4.78 is 5.91. The molecule has 84 valence electrons. The number of benzene rings is 1. The predicted octanol–water partition coefficient (Wildman–Crippen LogP) is 3.81. The van der Waals surface area contributed by atoms with Gasteiger partial charge in [0, 0.05) is 16.1 Å². The highest BCUT2D eigenvalue weighted by molar-refractivity contribution is 9.10. The van der Waals surface area contributed by atoms with Gasteiger partial charge in [-0.3, -0.25) is 0 Å². The second kappa shape index (κ2) is 4.29. The van der Waals surface area contributed by atoms with Gasteiger partial charge in [-0.2, -0.15) is 0 Å². The van der Waals surface area contributed by atoms with Crippen LogP contribution in [0.25, 0.3) is 11.3 Å². The molecule has 0 fully saturated rings. The Labute approximate surface area is 103 Å². The van der Waals surface area contributed by atoms with E-state index in [1.165, 1.54) is 5.56 Å². The first kappa shape index (κ1) is 11.2. The summed E-state index contributed by atoms with van der Waals surface area (Å²) in [6.45, 7) is 4.31. The molecule has 0 unspecified atom stereocenters. The van der Waals surface area contributed by atoms with Crippen molar-refractivity contribution in [3.8, 4) is 11.3 Å². The van der Waals surface area contributed by atoms with E-state index in [2.05, 4.69) is 47.1 Å². The third kappa shape index (κ3) is 2.27. The fourth-order valence-corrected chi connectivity index (χ4v) is 2.03. The van der Waals surface area contributed by atoms with Gasteiger partial charge in [-0.25, -0.2) is 0 Å². The highest BCUT2D eigenvalue weighted by Gasteiger charge is 2.08. The Kier molecular flexibility index (Phi) is 3.01. The van der Waals surface area contributed by atoms with Gasteiger partial charge in [-0.1, -0.05) is 34.9 Å². The number of nitrogen functional groups attached to an aromatic ring is 1. The summed E-state index contributed by atoms with van der Waals surface area (Å²) in [5.41, 5.74) is 8.54. The minimum Gasteiger partial charge on any atom is -0.368 e. The Morgan fingerprint density at radius 1 is 1.25 bits per heavy atom. The van der Waals surface area contributed by atoms with Gasteiger partial charge in [0.1, 0.15) is 5.69 Å². The molecule has 16 heavy (non-hydrogen) atoms. The summed E-state index contributed by atoms with van der Waals surface area (Å²) in [6, 6.07) is 7.94. The molecule has 0 aliphatic carbocycles. The summed E-state index contributed by atoms with van der Waals surface area (Å²) >= 11 is 3.50. The van der Waals surface area contributed by atoms with Crippen molar-refractivity contribution in [3.63, 3.8) is 0 Å². The summed E-state index contributed by atoms with van der Waals surface area (Å²) in [6.07, 6.45) is 0. The van der Waals surface area contributed by atoms with Crippen molar-refractivity contribution in [1.82, 2.24) is 5.16 Å². The molecule has 0 atom stereocenters. The number of nitrogens with two attached hydrogens (primary N) is 1. The molecule has 2 N–H and O–H groups in total. The molecule has 0 amide bonds. The summed E-state index contributed by atoms with van der Waals surface area (Å²) in [4.78, 5) is 0. The molecule has 3 nitrogen and oxygen atoms in total. The molecule has 0 radical (unpaired) electrons. The fourth-order valence-electron chi connectivity index (χ4n) is 1.52. The van der Waals surface area contributed by atoms with Crippen molar-refractivity contribution in [3.05, 3.63) is 34.3 Å².